The number of benzene rings is 1. The lowest BCUT2D eigenvalue weighted by Crippen LogP contribution is -2.40. The summed E-state index contributed by atoms with van der Waals surface area (Å²) in [6.45, 7) is 5.53. The zero-order valence-corrected chi connectivity index (χ0v) is 17.6. The third-order valence-electron chi connectivity index (χ3n) is 5.05. The molecular weight excluding hydrogens is 382 g/mol. The van der Waals surface area contributed by atoms with E-state index in [1.165, 1.54) is 0 Å². The summed E-state index contributed by atoms with van der Waals surface area (Å²) in [5.74, 6) is -0.446. The van der Waals surface area contributed by atoms with E-state index in [-0.39, 0.29) is 23.6 Å². The number of nitrogens with zero attached hydrogens (tertiary/aromatic N) is 1. The van der Waals surface area contributed by atoms with E-state index in [0.29, 0.717) is 5.82 Å². The van der Waals surface area contributed by atoms with E-state index in [1.807, 2.05) is 51.1 Å². The second-order valence-corrected chi connectivity index (χ2v) is 8.62. The van der Waals surface area contributed by atoms with Crippen molar-refractivity contribution in [2.45, 2.75) is 64.0 Å². The highest BCUT2D eigenvalue weighted by Gasteiger charge is 2.27. The third-order valence-corrected chi connectivity index (χ3v) is 5.05. The molecule has 7 nitrogen and oxygen atoms in total. The molecular formula is C23H29N3O4. The van der Waals surface area contributed by atoms with Crippen molar-refractivity contribution in [2.75, 3.05) is 5.32 Å². The molecule has 1 aliphatic rings. The highest BCUT2D eigenvalue weighted by Crippen LogP contribution is 2.33. The van der Waals surface area contributed by atoms with Crippen LogP contribution < -0.4 is 10.6 Å². The van der Waals surface area contributed by atoms with Crippen LogP contribution in [0.15, 0.2) is 42.5 Å². The number of pyridine rings is 1. The zero-order valence-electron chi connectivity index (χ0n) is 17.6. The van der Waals surface area contributed by atoms with Crippen LogP contribution in [0, 0.1) is 0 Å². The van der Waals surface area contributed by atoms with E-state index in [0.717, 1.165) is 37.1 Å². The number of carbonyl (C=O) groups excluding carboxylic acids is 1. The number of nitrogens with one attached hydrogen (secondary N) is 2. The van der Waals surface area contributed by atoms with Gasteiger partial charge in [0.25, 0.3) is 0 Å². The normalized spacial score (nSPS) is 19.0. The van der Waals surface area contributed by atoms with Crippen LogP contribution in [0.2, 0.25) is 0 Å². The van der Waals surface area contributed by atoms with Gasteiger partial charge < -0.3 is 20.5 Å². The Kier molecular flexibility index (Phi) is 6.59. The number of carboxylic acids is 1. The van der Waals surface area contributed by atoms with E-state index in [9.17, 15) is 14.7 Å². The van der Waals surface area contributed by atoms with E-state index >= 15 is 0 Å². The molecule has 1 aliphatic carbocycles. The van der Waals surface area contributed by atoms with E-state index in [1.54, 1.807) is 12.1 Å². The van der Waals surface area contributed by atoms with Crippen molar-refractivity contribution in [3.63, 3.8) is 0 Å². The molecule has 3 rings (SSSR count). The first-order chi connectivity index (χ1) is 14.2. The van der Waals surface area contributed by atoms with Gasteiger partial charge in [-0.05, 0) is 70.7 Å². The lowest BCUT2D eigenvalue weighted by Gasteiger charge is -2.30. The minimum absolute atomic E-state index is 0.0799. The van der Waals surface area contributed by atoms with Gasteiger partial charge in [-0.3, -0.25) is 0 Å². The van der Waals surface area contributed by atoms with Crippen LogP contribution >= 0.6 is 0 Å². The number of rotatable bonds is 5. The average Bonchev–Trinajstić information content (AvgIpc) is 2.67. The standard InChI is InChI=1S/C23H29N3O4/c1-23(2,3)30-22(29)25-17-11-9-15(10-12-17)19-14-13-18(21(27)28)20(26-19)24-16-7-5-4-6-8-16/h4-8,13-15,17H,9-12H2,1-3H3,(H,24,26)(H,25,29)(H,27,28)/t15-,17+. The number of aromatic nitrogens is 1. The van der Waals surface area contributed by atoms with Gasteiger partial charge in [0.15, 0.2) is 0 Å². The van der Waals surface area contributed by atoms with Crippen molar-refractivity contribution in [1.29, 1.82) is 0 Å². The first kappa shape index (κ1) is 21.6. The summed E-state index contributed by atoms with van der Waals surface area (Å²) in [6, 6.07) is 12.9. The number of hydrogen-bond donors (Lipinski definition) is 3. The number of ether oxygens (including phenoxy) is 1. The summed E-state index contributed by atoms with van der Waals surface area (Å²) >= 11 is 0. The molecule has 1 aromatic carbocycles. The number of anilines is 2. The Hall–Kier alpha value is -3.09. The smallest absolute Gasteiger partial charge is 0.407 e. The maximum absolute atomic E-state index is 12.0. The second kappa shape index (κ2) is 9.15. The molecule has 0 aliphatic heterocycles. The molecule has 2 aromatic rings. The molecule has 7 heteroatoms. The maximum atomic E-state index is 12.0. The highest BCUT2D eigenvalue weighted by atomic mass is 16.6. The van der Waals surface area contributed by atoms with Gasteiger partial charge in [-0.15, -0.1) is 0 Å². The van der Waals surface area contributed by atoms with Gasteiger partial charge in [0.1, 0.15) is 17.0 Å². The predicted molar refractivity (Wildman–Crippen MR) is 115 cm³/mol. The monoisotopic (exact) mass is 411 g/mol. The van der Waals surface area contributed by atoms with Crippen LogP contribution in [0.4, 0.5) is 16.3 Å². The van der Waals surface area contributed by atoms with Crippen molar-refractivity contribution < 1.29 is 19.4 Å². The number of para-hydroxylation sites is 1. The molecule has 1 saturated carbocycles. The molecule has 0 unspecified atom stereocenters. The topological polar surface area (TPSA) is 101 Å². The molecule has 160 valence electrons. The molecule has 0 atom stereocenters. The number of amides is 1. The number of aromatic carboxylic acids is 1. The van der Waals surface area contributed by atoms with Crippen LogP contribution in [-0.4, -0.2) is 33.8 Å². The Morgan fingerprint density at radius 2 is 1.70 bits per heavy atom. The summed E-state index contributed by atoms with van der Waals surface area (Å²) in [5, 5.41) is 15.6. The largest absolute Gasteiger partial charge is 0.478 e. The molecule has 1 amide bonds. The van der Waals surface area contributed by atoms with Crippen LogP contribution in [-0.2, 0) is 4.74 Å². The van der Waals surface area contributed by atoms with Crippen LogP contribution in [0.25, 0.3) is 0 Å². The first-order valence-electron chi connectivity index (χ1n) is 10.3. The van der Waals surface area contributed by atoms with Gasteiger partial charge in [-0.25, -0.2) is 14.6 Å². The van der Waals surface area contributed by atoms with Crippen molar-refractivity contribution in [3.8, 4) is 0 Å². The number of carbonyl (C=O) groups is 2. The lowest BCUT2D eigenvalue weighted by molar-refractivity contribution is 0.0490. The maximum Gasteiger partial charge on any atom is 0.407 e. The Morgan fingerprint density at radius 1 is 1.03 bits per heavy atom. The molecule has 0 bridgehead atoms. The SMILES string of the molecule is CC(C)(C)OC(=O)N[C@H]1CC[C@@H](c2ccc(C(=O)O)c(Nc3ccccc3)n2)CC1. The lowest BCUT2D eigenvalue weighted by atomic mass is 9.84. The predicted octanol–water partition coefficient (Wildman–Crippen LogP) is 5.07. The van der Waals surface area contributed by atoms with Crippen molar-refractivity contribution in [1.82, 2.24) is 10.3 Å². The van der Waals surface area contributed by atoms with E-state index in [4.69, 9.17) is 4.74 Å². The Balaban J connectivity index is 1.66. The summed E-state index contributed by atoms with van der Waals surface area (Å²) in [7, 11) is 0. The molecule has 30 heavy (non-hydrogen) atoms. The number of hydrogen-bond acceptors (Lipinski definition) is 5. The van der Waals surface area contributed by atoms with Gasteiger partial charge in [0.05, 0.1) is 0 Å². The van der Waals surface area contributed by atoms with Crippen LogP contribution in [0.1, 0.15) is 68.4 Å². The first-order valence-corrected chi connectivity index (χ1v) is 10.3. The fraction of sp³-hybridized carbons (Fsp3) is 0.435. The molecule has 0 spiro atoms. The van der Waals surface area contributed by atoms with Crippen LogP contribution in [0.3, 0.4) is 0 Å². The van der Waals surface area contributed by atoms with Gasteiger partial charge in [-0.1, -0.05) is 18.2 Å². The highest BCUT2D eigenvalue weighted by molar-refractivity contribution is 5.94. The van der Waals surface area contributed by atoms with Crippen molar-refractivity contribution in [2.24, 2.45) is 0 Å². The zero-order chi connectivity index (χ0) is 21.7. The molecule has 1 heterocycles. The fourth-order valence-electron chi connectivity index (χ4n) is 3.64. The second-order valence-electron chi connectivity index (χ2n) is 8.62. The summed E-state index contributed by atoms with van der Waals surface area (Å²) in [5.41, 5.74) is 1.28. The number of alkyl carbamates (subject to hydrolysis) is 1. The molecule has 1 aromatic heterocycles. The van der Waals surface area contributed by atoms with Gasteiger partial charge >= 0.3 is 12.1 Å². The van der Waals surface area contributed by atoms with E-state index in [2.05, 4.69) is 15.6 Å². The van der Waals surface area contributed by atoms with Crippen LogP contribution in [0.5, 0.6) is 0 Å². The average molecular weight is 412 g/mol. The third kappa shape index (κ3) is 5.95. The Labute approximate surface area is 176 Å². The van der Waals surface area contributed by atoms with E-state index < -0.39 is 11.6 Å². The molecule has 3 N–H and O–H groups in total. The summed E-state index contributed by atoms with van der Waals surface area (Å²) < 4.78 is 5.33. The van der Waals surface area contributed by atoms with Crippen molar-refractivity contribution in [3.05, 3.63) is 53.7 Å². The molecule has 1 fully saturated rings. The fourth-order valence-corrected chi connectivity index (χ4v) is 3.64. The minimum atomic E-state index is -1.02. The van der Waals surface area contributed by atoms with Gasteiger partial charge in [0.2, 0.25) is 0 Å². The molecule has 0 radical (unpaired) electrons. The van der Waals surface area contributed by atoms with Gasteiger partial charge in [-0.2, -0.15) is 0 Å². The Morgan fingerprint density at radius 3 is 2.30 bits per heavy atom. The van der Waals surface area contributed by atoms with Crippen molar-refractivity contribution >= 4 is 23.6 Å². The summed E-state index contributed by atoms with van der Waals surface area (Å²) in [4.78, 5) is 28.2. The van der Waals surface area contributed by atoms with Gasteiger partial charge in [0, 0.05) is 23.3 Å². The minimum Gasteiger partial charge on any atom is -0.478 e. The quantitative estimate of drug-likeness (QED) is 0.635. The number of carboxylic acid groups (broad SMARTS) is 1. The summed E-state index contributed by atoms with van der Waals surface area (Å²) in [6.07, 6.45) is 3.00. The molecule has 0 saturated heterocycles. The Bertz CT molecular complexity index is 885.